The zero-order valence-corrected chi connectivity index (χ0v) is 28.3. The molecular formula is C41H40N6O4. The van der Waals surface area contributed by atoms with E-state index in [2.05, 4.69) is 20.5 Å². The van der Waals surface area contributed by atoms with Gasteiger partial charge >= 0.3 is 6.03 Å². The van der Waals surface area contributed by atoms with E-state index in [-0.39, 0.29) is 25.0 Å². The highest BCUT2D eigenvalue weighted by molar-refractivity contribution is 6.03. The van der Waals surface area contributed by atoms with Crippen molar-refractivity contribution in [2.45, 2.75) is 57.1 Å². The summed E-state index contributed by atoms with van der Waals surface area (Å²) in [6.07, 6.45) is 1.55. The molecule has 3 amide bonds. The summed E-state index contributed by atoms with van der Waals surface area (Å²) in [7, 11) is 0. The van der Waals surface area contributed by atoms with Crippen molar-refractivity contribution >= 4 is 28.7 Å². The molecule has 51 heavy (non-hydrogen) atoms. The lowest BCUT2D eigenvalue weighted by atomic mass is 9.91. The number of pyridine rings is 1. The van der Waals surface area contributed by atoms with Crippen LogP contribution in [0.1, 0.15) is 38.2 Å². The van der Waals surface area contributed by atoms with E-state index in [1.165, 1.54) is 0 Å². The number of hydrogen-bond donors (Lipinski definition) is 4. The number of urea groups is 1. The molecule has 10 nitrogen and oxygen atoms in total. The third kappa shape index (κ3) is 7.67. The number of anilines is 1. The van der Waals surface area contributed by atoms with Crippen molar-refractivity contribution in [3.05, 3.63) is 161 Å². The van der Waals surface area contributed by atoms with Crippen LogP contribution in [0.2, 0.25) is 0 Å². The van der Waals surface area contributed by atoms with Crippen LogP contribution in [0, 0.1) is 6.92 Å². The molecule has 0 saturated carbocycles. The average molecular weight is 681 g/mol. The lowest BCUT2D eigenvalue weighted by molar-refractivity contribution is -0.0408. The van der Waals surface area contributed by atoms with E-state index < -0.39 is 24.3 Å². The Morgan fingerprint density at radius 1 is 0.725 bits per heavy atom. The van der Waals surface area contributed by atoms with Crippen LogP contribution in [0.25, 0.3) is 10.9 Å². The van der Waals surface area contributed by atoms with E-state index in [1.54, 1.807) is 46.5 Å². The van der Waals surface area contributed by atoms with E-state index in [9.17, 15) is 15.0 Å². The minimum Gasteiger partial charge on any atom is -0.388 e. The minimum absolute atomic E-state index is 0.0966. The number of benzene rings is 4. The van der Waals surface area contributed by atoms with Crippen molar-refractivity contribution in [2.75, 3.05) is 5.32 Å². The number of aromatic amines is 1. The molecule has 10 heteroatoms. The number of aliphatic hydroxyl groups excluding tert-OH is 2. The minimum atomic E-state index is -1.27. The fourth-order valence-corrected chi connectivity index (χ4v) is 6.84. The van der Waals surface area contributed by atoms with Crippen LogP contribution in [0.4, 0.5) is 10.6 Å². The third-order valence-electron chi connectivity index (χ3n) is 9.56. The molecular weight excluding hydrogens is 640 g/mol. The van der Waals surface area contributed by atoms with Crippen molar-refractivity contribution in [3.63, 3.8) is 0 Å². The predicted molar refractivity (Wildman–Crippen MR) is 196 cm³/mol. The van der Waals surface area contributed by atoms with Gasteiger partial charge in [-0.3, -0.25) is 9.89 Å². The smallest absolute Gasteiger partial charge is 0.321 e. The number of fused-ring (bicyclic) bond motifs is 1. The maximum atomic E-state index is 15.1. The van der Waals surface area contributed by atoms with Gasteiger partial charge in [-0.05, 0) is 77.9 Å². The molecule has 4 aromatic carbocycles. The van der Waals surface area contributed by atoms with Gasteiger partial charge < -0.3 is 25.3 Å². The Morgan fingerprint density at radius 2 is 1.33 bits per heavy atom. The SMILES string of the molecule is Cc1ccc(NC(=O)c2cccc(CN3C(=O)N(Cc4ccc5[nH]ncc5c4)[C@H](Cc4ccccc4)[C@H](O)[C@@H](O)[C@H]3Cc3ccccc3)c2)nc1. The van der Waals surface area contributed by atoms with Gasteiger partial charge in [0.2, 0.25) is 0 Å². The number of amides is 3. The third-order valence-corrected chi connectivity index (χ3v) is 9.56. The Bertz CT molecular complexity index is 2100. The van der Waals surface area contributed by atoms with Gasteiger partial charge in [0.05, 0.1) is 23.8 Å². The summed E-state index contributed by atoms with van der Waals surface area (Å²) < 4.78 is 0. The molecule has 0 unspecified atom stereocenters. The van der Waals surface area contributed by atoms with E-state index >= 15 is 4.79 Å². The number of H-pyrrole nitrogens is 1. The largest absolute Gasteiger partial charge is 0.388 e. The molecule has 1 aliphatic rings. The monoisotopic (exact) mass is 680 g/mol. The Morgan fingerprint density at radius 3 is 1.94 bits per heavy atom. The number of aliphatic hydroxyl groups is 2. The lowest BCUT2D eigenvalue weighted by Crippen LogP contribution is -2.50. The van der Waals surface area contributed by atoms with Crippen molar-refractivity contribution in [3.8, 4) is 0 Å². The van der Waals surface area contributed by atoms with Gasteiger partial charge in [-0.1, -0.05) is 84.9 Å². The topological polar surface area (TPSA) is 135 Å². The number of rotatable bonds is 10. The second-order valence-electron chi connectivity index (χ2n) is 13.2. The van der Waals surface area contributed by atoms with E-state index in [1.807, 2.05) is 97.9 Å². The number of aryl methyl sites for hydroxylation is 1. The van der Waals surface area contributed by atoms with E-state index in [4.69, 9.17) is 0 Å². The molecule has 0 aliphatic carbocycles. The molecule has 1 aliphatic heterocycles. The Kier molecular flexibility index (Phi) is 9.87. The van der Waals surface area contributed by atoms with Gasteiger partial charge in [0.15, 0.2) is 0 Å². The van der Waals surface area contributed by atoms with Gasteiger partial charge in [-0.15, -0.1) is 0 Å². The highest BCUT2D eigenvalue weighted by atomic mass is 16.3. The van der Waals surface area contributed by atoms with Crippen LogP contribution in [0.5, 0.6) is 0 Å². The first kappa shape index (κ1) is 33.6. The van der Waals surface area contributed by atoms with Gasteiger partial charge in [0.1, 0.15) is 18.0 Å². The molecule has 6 aromatic rings. The normalized spacial score (nSPS) is 19.2. The molecule has 0 radical (unpaired) electrons. The van der Waals surface area contributed by atoms with Crippen LogP contribution in [-0.4, -0.2) is 71.4 Å². The second kappa shape index (κ2) is 15.0. The lowest BCUT2D eigenvalue weighted by Gasteiger charge is -2.36. The summed E-state index contributed by atoms with van der Waals surface area (Å²) in [6, 6.07) is 34.1. The van der Waals surface area contributed by atoms with Crippen molar-refractivity contribution in [1.82, 2.24) is 25.0 Å². The first-order valence-electron chi connectivity index (χ1n) is 17.1. The molecule has 4 atom stereocenters. The Hall–Kier alpha value is -5.84. The molecule has 4 N–H and O–H groups in total. The maximum Gasteiger partial charge on any atom is 0.321 e. The van der Waals surface area contributed by atoms with Gasteiger partial charge in [-0.2, -0.15) is 5.10 Å². The van der Waals surface area contributed by atoms with Crippen molar-refractivity contribution in [1.29, 1.82) is 0 Å². The van der Waals surface area contributed by atoms with Crippen LogP contribution < -0.4 is 5.32 Å². The Balaban J connectivity index is 1.26. The first-order chi connectivity index (χ1) is 24.8. The second-order valence-corrected chi connectivity index (χ2v) is 13.2. The standard InChI is InChI=1S/C41H40N6O4/c1-27-15-18-37(42-23-27)44-40(50)32-14-8-13-30(19-32)25-46-35(21-28-9-4-2-5-10-28)38(48)39(49)36(22-29-11-6-3-7-12-29)47(41(46)51)26-31-16-17-34-33(20-31)24-43-45-34/h2-20,23-24,35-36,38-39,48-49H,21-22,25-26H2,1H3,(H,43,45)(H,42,44,50)/t35-,36-,38+,39+/m1/s1. The molecule has 258 valence electrons. The summed E-state index contributed by atoms with van der Waals surface area (Å²) >= 11 is 0. The van der Waals surface area contributed by atoms with E-state index in [0.29, 0.717) is 29.8 Å². The first-order valence-corrected chi connectivity index (χ1v) is 17.1. The molecule has 0 spiro atoms. The highest BCUT2D eigenvalue weighted by Crippen LogP contribution is 2.30. The van der Waals surface area contributed by atoms with Gasteiger partial charge in [0, 0.05) is 30.2 Å². The summed E-state index contributed by atoms with van der Waals surface area (Å²) in [6.45, 7) is 2.22. The number of hydrogen-bond acceptors (Lipinski definition) is 6. The molecule has 0 bridgehead atoms. The van der Waals surface area contributed by atoms with Crippen LogP contribution in [-0.2, 0) is 25.9 Å². The van der Waals surface area contributed by atoms with E-state index in [0.717, 1.165) is 33.2 Å². The average Bonchev–Trinajstić information content (AvgIpc) is 3.62. The van der Waals surface area contributed by atoms with Crippen molar-refractivity contribution < 1.29 is 19.8 Å². The molecule has 1 saturated heterocycles. The summed E-state index contributed by atoms with van der Waals surface area (Å²) in [5, 5.41) is 35.0. The highest BCUT2D eigenvalue weighted by Gasteiger charge is 2.46. The number of carbonyl (C=O) groups is 2. The molecule has 3 heterocycles. The zero-order valence-electron chi connectivity index (χ0n) is 28.3. The quantitative estimate of drug-likeness (QED) is 0.142. The number of nitrogens with zero attached hydrogens (tertiary/aromatic N) is 4. The summed E-state index contributed by atoms with van der Waals surface area (Å²) in [4.78, 5) is 36.0. The maximum absolute atomic E-state index is 15.1. The predicted octanol–water partition coefficient (Wildman–Crippen LogP) is 5.90. The number of carbonyl (C=O) groups excluding carboxylic acids is 2. The summed E-state index contributed by atoms with van der Waals surface area (Å²) in [5.74, 6) is 0.110. The molecule has 2 aromatic heterocycles. The number of nitrogens with one attached hydrogen (secondary N) is 2. The van der Waals surface area contributed by atoms with Gasteiger partial charge in [-0.25, -0.2) is 9.78 Å². The molecule has 1 fully saturated rings. The fourth-order valence-electron chi connectivity index (χ4n) is 6.84. The van der Waals surface area contributed by atoms with Crippen LogP contribution >= 0.6 is 0 Å². The Labute approximate surface area is 296 Å². The molecule has 7 rings (SSSR count). The number of aromatic nitrogens is 3. The van der Waals surface area contributed by atoms with Crippen LogP contribution in [0.15, 0.2) is 128 Å². The van der Waals surface area contributed by atoms with Crippen molar-refractivity contribution in [2.24, 2.45) is 0 Å². The zero-order chi connectivity index (χ0) is 35.3. The van der Waals surface area contributed by atoms with Crippen LogP contribution in [0.3, 0.4) is 0 Å². The summed E-state index contributed by atoms with van der Waals surface area (Å²) in [5.41, 5.74) is 5.69. The fraction of sp³-hybridized carbons (Fsp3) is 0.220. The van der Waals surface area contributed by atoms with Gasteiger partial charge in [0.25, 0.3) is 5.91 Å².